The van der Waals surface area contributed by atoms with Gasteiger partial charge < -0.3 is 14.6 Å². The third kappa shape index (κ3) is 1.62. The predicted octanol–water partition coefficient (Wildman–Crippen LogP) is 1.84. The molecule has 1 saturated heterocycles. The molecule has 2 fully saturated rings. The Morgan fingerprint density at radius 3 is 2.90 bits per heavy atom. The van der Waals surface area contributed by atoms with Gasteiger partial charge >= 0.3 is 0 Å². The van der Waals surface area contributed by atoms with Gasteiger partial charge in [-0.3, -0.25) is 4.79 Å². The highest BCUT2D eigenvalue weighted by Gasteiger charge is 2.62. The standard InChI is InChI=1S/C16H22O4/c1-8-5-6-11-9(2)7-12(17)16(18)10(3)15(19-4)20-14(8)13(11)16/h5,9,11,13-15,18H,3,6-7H2,1-2,4H3/t9-,11-,13-,14-,15+,16-/m0/s1. The summed E-state index contributed by atoms with van der Waals surface area (Å²) in [4.78, 5) is 12.5. The zero-order valence-corrected chi connectivity index (χ0v) is 12.3. The Labute approximate surface area is 119 Å². The van der Waals surface area contributed by atoms with Gasteiger partial charge in [0, 0.05) is 25.0 Å². The lowest BCUT2D eigenvalue weighted by molar-refractivity contribution is -0.227. The van der Waals surface area contributed by atoms with Crippen molar-refractivity contribution in [1.29, 1.82) is 0 Å². The van der Waals surface area contributed by atoms with E-state index in [0.29, 0.717) is 12.0 Å². The van der Waals surface area contributed by atoms with Gasteiger partial charge in [0.2, 0.25) is 0 Å². The number of allylic oxidation sites excluding steroid dienone is 1. The van der Waals surface area contributed by atoms with Crippen LogP contribution in [0, 0.1) is 17.8 Å². The number of hydrogen-bond acceptors (Lipinski definition) is 4. The Balaban J connectivity index is 2.12. The second kappa shape index (κ2) is 4.52. The van der Waals surface area contributed by atoms with E-state index in [1.165, 1.54) is 7.11 Å². The first-order valence-corrected chi connectivity index (χ1v) is 7.21. The summed E-state index contributed by atoms with van der Waals surface area (Å²) in [6.45, 7) is 7.98. The second-order valence-corrected chi connectivity index (χ2v) is 6.39. The number of rotatable bonds is 1. The summed E-state index contributed by atoms with van der Waals surface area (Å²) in [6.07, 6.45) is 2.46. The van der Waals surface area contributed by atoms with Crippen molar-refractivity contribution >= 4 is 5.78 Å². The first-order chi connectivity index (χ1) is 9.41. The highest BCUT2D eigenvalue weighted by molar-refractivity contribution is 5.92. The highest BCUT2D eigenvalue weighted by Crippen LogP contribution is 2.53. The van der Waals surface area contributed by atoms with E-state index in [4.69, 9.17) is 9.47 Å². The van der Waals surface area contributed by atoms with Gasteiger partial charge in [-0.2, -0.15) is 0 Å². The Morgan fingerprint density at radius 2 is 2.25 bits per heavy atom. The summed E-state index contributed by atoms with van der Waals surface area (Å²) < 4.78 is 11.2. The molecule has 3 aliphatic rings. The van der Waals surface area contributed by atoms with Crippen LogP contribution >= 0.6 is 0 Å². The monoisotopic (exact) mass is 278 g/mol. The molecule has 0 aromatic carbocycles. The lowest BCUT2D eigenvalue weighted by atomic mass is 9.55. The molecule has 0 spiro atoms. The fourth-order valence-corrected chi connectivity index (χ4v) is 4.17. The number of hydrogen-bond donors (Lipinski definition) is 1. The summed E-state index contributed by atoms with van der Waals surface area (Å²) in [5.41, 5.74) is -0.0741. The van der Waals surface area contributed by atoms with Crippen LogP contribution in [0.25, 0.3) is 0 Å². The van der Waals surface area contributed by atoms with Gasteiger partial charge in [0.15, 0.2) is 17.7 Å². The van der Waals surface area contributed by atoms with Crippen LogP contribution in [-0.2, 0) is 14.3 Å². The van der Waals surface area contributed by atoms with Crippen LogP contribution in [0.3, 0.4) is 0 Å². The first-order valence-electron chi connectivity index (χ1n) is 7.21. The van der Waals surface area contributed by atoms with Gasteiger partial charge in [-0.1, -0.05) is 19.6 Å². The maximum atomic E-state index is 12.5. The number of methoxy groups -OCH3 is 1. The molecule has 0 amide bonds. The van der Waals surface area contributed by atoms with Crippen molar-refractivity contribution in [1.82, 2.24) is 0 Å². The molecule has 1 aliphatic heterocycles. The van der Waals surface area contributed by atoms with Crippen molar-refractivity contribution in [3.8, 4) is 0 Å². The van der Waals surface area contributed by atoms with Gasteiger partial charge in [0.25, 0.3) is 0 Å². The van der Waals surface area contributed by atoms with Crippen LogP contribution in [0.15, 0.2) is 23.8 Å². The van der Waals surface area contributed by atoms with Crippen LogP contribution in [0.4, 0.5) is 0 Å². The minimum Gasteiger partial charge on any atom is -0.377 e. The second-order valence-electron chi connectivity index (χ2n) is 6.39. The third-order valence-electron chi connectivity index (χ3n) is 5.35. The van der Waals surface area contributed by atoms with Gasteiger partial charge in [0.05, 0.1) is 6.10 Å². The van der Waals surface area contributed by atoms with Crippen LogP contribution in [0.1, 0.15) is 26.7 Å². The van der Waals surface area contributed by atoms with Crippen molar-refractivity contribution in [2.75, 3.05) is 7.11 Å². The van der Waals surface area contributed by atoms with E-state index in [2.05, 4.69) is 19.6 Å². The molecule has 1 N–H and O–H groups in total. The number of carbonyl (C=O) groups excluding carboxylic acids is 1. The molecule has 4 nitrogen and oxygen atoms in total. The van der Waals surface area contributed by atoms with Gasteiger partial charge in [-0.15, -0.1) is 0 Å². The number of Topliss-reactive ketones (excluding diaryl/α,β-unsaturated/α-hetero) is 1. The average molecular weight is 278 g/mol. The Morgan fingerprint density at radius 1 is 1.55 bits per heavy atom. The van der Waals surface area contributed by atoms with Crippen molar-refractivity contribution in [3.05, 3.63) is 23.8 Å². The van der Waals surface area contributed by atoms with E-state index >= 15 is 0 Å². The molecule has 4 heteroatoms. The lowest BCUT2D eigenvalue weighted by Crippen LogP contribution is -2.66. The molecule has 1 heterocycles. The Kier molecular flexibility index (Phi) is 3.16. The molecule has 6 atom stereocenters. The van der Waals surface area contributed by atoms with Crippen molar-refractivity contribution < 1.29 is 19.4 Å². The molecule has 1 saturated carbocycles. The Bertz CT molecular complexity index is 495. The molecule has 0 radical (unpaired) electrons. The minimum absolute atomic E-state index is 0.138. The molecule has 0 bridgehead atoms. The molecule has 3 rings (SSSR count). The maximum absolute atomic E-state index is 12.5. The van der Waals surface area contributed by atoms with E-state index < -0.39 is 11.9 Å². The first kappa shape index (κ1) is 14.0. The zero-order chi connectivity index (χ0) is 14.7. The normalized spacial score (nSPS) is 47.8. The van der Waals surface area contributed by atoms with E-state index in [-0.39, 0.29) is 29.6 Å². The topological polar surface area (TPSA) is 55.8 Å². The number of carbonyl (C=O) groups is 1. The average Bonchev–Trinajstić information content (AvgIpc) is 2.41. The van der Waals surface area contributed by atoms with Crippen molar-refractivity contribution in [2.45, 2.75) is 44.7 Å². The van der Waals surface area contributed by atoms with E-state index in [1.807, 2.05) is 6.92 Å². The highest BCUT2D eigenvalue weighted by atomic mass is 16.7. The summed E-state index contributed by atoms with van der Waals surface area (Å²) >= 11 is 0. The van der Waals surface area contributed by atoms with Crippen LogP contribution in [-0.4, -0.2) is 36.0 Å². The quantitative estimate of drug-likeness (QED) is 0.744. The van der Waals surface area contributed by atoms with Crippen LogP contribution < -0.4 is 0 Å². The molecule has 0 unspecified atom stereocenters. The van der Waals surface area contributed by atoms with Crippen LogP contribution in [0.2, 0.25) is 0 Å². The number of ketones is 1. The van der Waals surface area contributed by atoms with E-state index in [0.717, 1.165) is 12.0 Å². The molecule has 20 heavy (non-hydrogen) atoms. The predicted molar refractivity (Wildman–Crippen MR) is 73.9 cm³/mol. The molecule has 0 aromatic heterocycles. The summed E-state index contributed by atoms with van der Waals surface area (Å²) in [5.74, 6) is 0.139. The fraction of sp³-hybridized carbons (Fsp3) is 0.688. The minimum atomic E-state index is -1.50. The van der Waals surface area contributed by atoms with Gasteiger partial charge in [0.1, 0.15) is 0 Å². The van der Waals surface area contributed by atoms with Gasteiger partial charge in [-0.05, 0) is 30.8 Å². The molecule has 2 aliphatic carbocycles. The van der Waals surface area contributed by atoms with E-state index in [9.17, 15) is 9.90 Å². The summed E-state index contributed by atoms with van der Waals surface area (Å²) in [6, 6.07) is 0. The largest absolute Gasteiger partial charge is 0.377 e. The molecule has 110 valence electrons. The zero-order valence-electron chi connectivity index (χ0n) is 12.3. The van der Waals surface area contributed by atoms with Crippen molar-refractivity contribution in [2.24, 2.45) is 17.8 Å². The molecular weight excluding hydrogens is 256 g/mol. The number of ether oxygens (including phenoxy) is 2. The Hall–Kier alpha value is -0.970. The smallest absolute Gasteiger partial charge is 0.183 e. The fourth-order valence-electron chi connectivity index (χ4n) is 4.17. The maximum Gasteiger partial charge on any atom is 0.183 e. The van der Waals surface area contributed by atoms with Gasteiger partial charge in [-0.25, -0.2) is 0 Å². The third-order valence-corrected chi connectivity index (χ3v) is 5.35. The molecule has 0 aromatic rings. The SMILES string of the molecule is C=C1[C@H](OC)O[C@H]2C(C)=CC[C@@H]3[C@@H]2[C@@]1(O)C(=O)C[C@@H]3C. The van der Waals surface area contributed by atoms with Crippen molar-refractivity contribution in [3.63, 3.8) is 0 Å². The van der Waals surface area contributed by atoms with Crippen LogP contribution in [0.5, 0.6) is 0 Å². The molecular formula is C16H22O4. The van der Waals surface area contributed by atoms with E-state index in [1.54, 1.807) is 0 Å². The summed E-state index contributed by atoms with van der Waals surface area (Å²) in [5, 5.41) is 11.1. The lowest BCUT2D eigenvalue weighted by Gasteiger charge is -2.56. The summed E-state index contributed by atoms with van der Waals surface area (Å²) in [7, 11) is 1.51. The number of aliphatic hydroxyl groups is 1.